The van der Waals surface area contributed by atoms with Crippen LogP contribution in [0, 0.1) is 0 Å². The first-order valence-corrected chi connectivity index (χ1v) is 7.19. The predicted octanol–water partition coefficient (Wildman–Crippen LogP) is 2.53. The molecule has 0 bridgehead atoms. The van der Waals surface area contributed by atoms with Gasteiger partial charge in [0, 0.05) is 38.6 Å². The molecule has 0 atom stereocenters. The molecule has 3 nitrogen and oxygen atoms in total. The van der Waals surface area contributed by atoms with Crippen molar-refractivity contribution in [2.24, 2.45) is 0 Å². The summed E-state index contributed by atoms with van der Waals surface area (Å²) < 4.78 is 7.34. The number of aromatic nitrogens is 1. The van der Waals surface area contributed by atoms with Gasteiger partial charge in [0.05, 0.1) is 6.61 Å². The number of aryl methyl sites for hydroxylation is 2. The van der Waals surface area contributed by atoms with E-state index in [1.54, 1.807) is 18.4 Å². The van der Waals surface area contributed by atoms with Crippen LogP contribution in [0.3, 0.4) is 0 Å². The van der Waals surface area contributed by atoms with E-state index < -0.39 is 0 Å². The van der Waals surface area contributed by atoms with Crippen molar-refractivity contribution in [2.45, 2.75) is 19.5 Å². The van der Waals surface area contributed by atoms with E-state index in [0.29, 0.717) is 0 Å². The largest absolute Gasteiger partial charge is 0.383 e. The van der Waals surface area contributed by atoms with Crippen molar-refractivity contribution < 1.29 is 4.74 Å². The summed E-state index contributed by atoms with van der Waals surface area (Å²) in [5.74, 6) is 0. The van der Waals surface area contributed by atoms with Gasteiger partial charge in [-0.3, -0.25) is 0 Å². The van der Waals surface area contributed by atoms with Crippen molar-refractivity contribution in [3.63, 3.8) is 0 Å². The maximum atomic E-state index is 5.02. The van der Waals surface area contributed by atoms with Gasteiger partial charge in [-0.1, -0.05) is 0 Å². The van der Waals surface area contributed by atoms with Crippen LogP contribution in [0.15, 0.2) is 35.2 Å². The Kier molecular flexibility index (Phi) is 5.45. The Balaban J connectivity index is 1.79. The minimum absolute atomic E-state index is 0.760. The molecule has 0 aromatic carbocycles. The van der Waals surface area contributed by atoms with Crippen molar-refractivity contribution in [3.05, 3.63) is 46.4 Å². The first-order valence-electron chi connectivity index (χ1n) is 6.25. The minimum Gasteiger partial charge on any atom is -0.383 e. The Morgan fingerprint density at radius 2 is 2.33 bits per heavy atom. The van der Waals surface area contributed by atoms with E-state index in [2.05, 4.69) is 45.0 Å². The van der Waals surface area contributed by atoms with E-state index in [4.69, 9.17) is 4.74 Å². The van der Waals surface area contributed by atoms with Gasteiger partial charge in [-0.15, -0.1) is 0 Å². The average Bonchev–Trinajstić information content (AvgIpc) is 3.03. The van der Waals surface area contributed by atoms with Crippen molar-refractivity contribution in [2.75, 3.05) is 20.3 Å². The second kappa shape index (κ2) is 7.36. The topological polar surface area (TPSA) is 26.2 Å². The highest BCUT2D eigenvalue weighted by Crippen LogP contribution is 2.09. The average molecular weight is 264 g/mol. The monoisotopic (exact) mass is 264 g/mol. The molecule has 0 saturated carbocycles. The Morgan fingerprint density at radius 1 is 1.39 bits per heavy atom. The third-order valence-corrected chi connectivity index (χ3v) is 3.67. The lowest BCUT2D eigenvalue weighted by molar-refractivity contribution is 0.199. The van der Waals surface area contributed by atoms with Crippen LogP contribution in [0.1, 0.15) is 11.3 Å². The smallest absolute Gasteiger partial charge is 0.0587 e. The summed E-state index contributed by atoms with van der Waals surface area (Å²) in [6, 6.07) is 6.49. The third-order valence-electron chi connectivity index (χ3n) is 2.93. The lowest BCUT2D eigenvalue weighted by Gasteiger charge is -2.09. The van der Waals surface area contributed by atoms with Crippen LogP contribution >= 0.6 is 11.3 Å². The van der Waals surface area contributed by atoms with E-state index in [9.17, 15) is 0 Å². The van der Waals surface area contributed by atoms with Crippen LogP contribution in [-0.2, 0) is 24.2 Å². The molecule has 0 fully saturated rings. The first kappa shape index (κ1) is 13.3. The van der Waals surface area contributed by atoms with E-state index in [-0.39, 0.29) is 0 Å². The Labute approximate surface area is 112 Å². The van der Waals surface area contributed by atoms with Gasteiger partial charge in [0.2, 0.25) is 0 Å². The van der Waals surface area contributed by atoms with Crippen molar-refractivity contribution in [3.8, 4) is 0 Å². The zero-order valence-electron chi connectivity index (χ0n) is 10.8. The van der Waals surface area contributed by atoms with Gasteiger partial charge in [0.15, 0.2) is 0 Å². The molecule has 2 aromatic heterocycles. The third kappa shape index (κ3) is 3.98. The summed E-state index contributed by atoms with van der Waals surface area (Å²) in [6.45, 7) is 3.60. The van der Waals surface area contributed by atoms with Crippen LogP contribution in [0.2, 0.25) is 0 Å². The Bertz CT molecular complexity index is 436. The molecular formula is C14H20N2OS. The van der Waals surface area contributed by atoms with Gasteiger partial charge in [0.25, 0.3) is 0 Å². The molecule has 2 heterocycles. The number of nitrogens with one attached hydrogen (secondary N) is 1. The van der Waals surface area contributed by atoms with Gasteiger partial charge in [-0.05, 0) is 40.9 Å². The summed E-state index contributed by atoms with van der Waals surface area (Å²) in [4.78, 5) is 0. The van der Waals surface area contributed by atoms with Gasteiger partial charge in [-0.2, -0.15) is 11.3 Å². The maximum absolute atomic E-state index is 5.02. The molecule has 0 spiro atoms. The van der Waals surface area contributed by atoms with Crippen LogP contribution in [-0.4, -0.2) is 24.8 Å². The molecule has 0 aliphatic carbocycles. The fraction of sp³-hybridized carbons (Fsp3) is 0.429. The molecule has 0 radical (unpaired) electrons. The molecule has 4 heteroatoms. The number of nitrogens with zero attached hydrogens (tertiary/aromatic N) is 1. The molecule has 2 aromatic rings. The molecule has 0 amide bonds. The molecule has 0 aliphatic rings. The number of methoxy groups -OCH3 is 1. The number of ether oxygens (including phenoxy) is 1. The van der Waals surface area contributed by atoms with Crippen molar-refractivity contribution >= 4 is 11.3 Å². The Morgan fingerprint density at radius 3 is 3.11 bits per heavy atom. The van der Waals surface area contributed by atoms with Crippen LogP contribution < -0.4 is 5.32 Å². The van der Waals surface area contributed by atoms with E-state index >= 15 is 0 Å². The fourth-order valence-electron chi connectivity index (χ4n) is 1.90. The van der Waals surface area contributed by atoms with Gasteiger partial charge in [0.1, 0.15) is 0 Å². The normalized spacial score (nSPS) is 10.9. The van der Waals surface area contributed by atoms with Crippen LogP contribution in [0.5, 0.6) is 0 Å². The highest BCUT2D eigenvalue weighted by molar-refractivity contribution is 7.07. The minimum atomic E-state index is 0.760. The molecular weight excluding hydrogens is 244 g/mol. The Hall–Kier alpha value is -1.10. The van der Waals surface area contributed by atoms with E-state index in [1.165, 1.54) is 11.3 Å². The lowest BCUT2D eigenvalue weighted by Crippen LogP contribution is -2.20. The summed E-state index contributed by atoms with van der Waals surface area (Å²) in [5.41, 5.74) is 2.76. The van der Waals surface area contributed by atoms with Crippen molar-refractivity contribution in [1.82, 2.24) is 9.88 Å². The molecule has 98 valence electrons. The standard InChI is InChI=1S/C14H20N2OS/c1-17-9-6-15-11-14-3-2-7-16(14)8-4-13-5-10-18-12-13/h2-3,5,7,10,12,15H,4,6,8-9,11H2,1H3. The molecule has 2 rings (SSSR count). The molecule has 0 unspecified atom stereocenters. The zero-order chi connectivity index (χ0) is 12.6. The second-order valence-corrected chi connectivity index (χ2v) is 5.02. The maximum Gasteiger partial charge on any atom is 0.0587 e. The predicted molar refractivity (Wildman–Crippen MR) is 76.0 cm³/mol. The first-order chi connectivity index (χ1) is 8.90. The summed E-state index contributed by atoms with van der Waals surface area (Å²) >= 11 is 1.76. The summed E-state index contributed by atoms with van der Waals surface area (Å²) in [5, 5.41) is 7.74. The molecule has 1 N–H and O–H groups in total. The molecule has 18 heavy (non-hydrogen) atoms. The quantitative estimate of drug-likeness (QED) is 0.742. The highest BCUT2D eigenvalue weighted by atomic mass is 32.1. The van der Waals surface area contributed by atoms with Gasteiger partial charge < -0.3 is 14.6 Å². The number of hydrogen-bond acceptors (Lipinski definition) is 3. The van der Waals surface area contributed by atoms with Gasteiger partial charge in [-0.25, -0.2) is 0 Å². The van der Waals surface area contributed by atoms with E-state index in [0.717, 1.165) is 32.7 Å². The van der Waals surface area contributed by atoms with Gasteiger partial charge >= 0.3 is 0 Å². The summed E-state index contributed by atoms with van der Waals surface area (Å²) in [7, 11) is 1.73. The SMILES string of the molecule is COCCNCc1cccn1CCc1ccsc1. The lowest BCUT2D eigenvalue weighted by atomic mass is 10.2. The zero-order valence-corrected chi connectivity index (χ0v) is 11.6. The van der Waals surface area contributed by atoms with Crippen molar-refractivity contribution in [1.29, 1.82) is 0 Å². The van der Waals surface area contributed by atoms with Crippen LogP contribution in [0.25, 0.3) is 0 Å². The number of hydrogen-bond donors (Lipinski definition) is 1. The van der Waals surface area contributed by atoms with Crippen LogP contribution in [0.4, 0.5) is 0 Å². The molecule has 0 saturated heterocycles. The summed E-state index contributed by atoms with van der Waals surface area (Å²) in [6.07, 6.45) is 3.25. The number of rotatable bonds is 8. The second-order valence-electron chi connectivity index (χ2n) is 4.24. The van der Waals surface area contributed by atoms with E-state index in [1.807, 2.05) is 0 Å². The number of thiophene rings is 1. The fourth-order valence-corrected chi connectivity index (χ4v) is 2.61. The molecule has 0 aliphatic heterocycles. The highest BCUT2D eigenvalue weighted by Gasteiger charge is 2.01.